The number of ether oxygens (including phenoxy) is 2. The Bertz CT molecular complexity index is 805. The maximum absolute atomic E-state index is 5.35. The first kappa shape index (κ1) is 13.4. The van der Waals surface area contributed by atoms with Crippen LogP contribution in [0.25, 0.3) is 0 Å². The van der Waals surface area contributed by atoms with Gasteiger partial charge in [-0.05, 0) is 30.3 Å². The van der Waals surface area contributed by atoms with E-state index in [4.69, 9.17) is 13.9 Å². The lowest BCUT2D eigenvalue weighted by atomic mass is 10.3. The molecule has 0 saturated carbocycles. The van der Waals surface area contributed by atoms with Gasteiger partial charge in [0.2, 0.25) is 12.7 Å². The molecule has 0 saturated heterocycles. The first-order valence-electron chi connectivity index (χ1n) is 7.13. The lowest BCUT2D eigenvalue weighted by Crippen LogP contribution is -2.03. The fraction of sp³-hybridized carbons (Fsp3) is 0.125. The number of benzene rings is 1. The predicted octanol–water partition coefficient (Wildman–Crippen LogP) is 3.15. The molecule has 23 heavy (non-hydrogen) atoms. The van der Waals surface area contributed by atoms with Crippen molar-refractivity contribution in [2.24, 2.45) is 0 Å². The van der Waals surface area contributed by atoms with Crippen LogP contribution in [0, 0.1) is 0 Å². The normalized spacial score (nSPS) is 12.2. The Morgan fingerprint density at radius 2 is 2.04 bits per heavy atom. The molecule has 7 heteroatoms. The quantitative estimate of drug-likeness (QED) is 0.749. The summed E-state index contributed by atoms with van der Waals surface area (Å²) < 4.78 is 15.9. The van der Waals surface area contributed by atoms with E-state index in [1.165, 1.54) is 0 Å². The number of aromatic nitrogens is 2. The summed E-state index contributed by atoms with van der Waals surface area (Å²) in [6, 6.07) is 11.1. The van der Waals surface area contributed by atoms with Gasteiger partial charge in [-0.3, -0.25) is 0 Å². The molecule has 0 bridgehead atoms. The zero-order valence-corrected chi connectivity index (χ0v) is 12.2. The summed E-state index contributed by atoms with van der Waals surface area (Å²) in [6.07, 6.45) is 3.33. The molecule has 0 spiro atoms. The standard InChI is InChI=1S/C16H14N4O3/c1-2-12(21-7-1)9-18-15-5-6-17-16(20-15)19-11-3-4-13-14(8-11)23-10-22-13/h1-8H,9-10H2,(H2,17,18,19,20). The van der Waals surface area contributed by atoms with Gasteiger partial charge in [-0.1, -0.05) is 0 Å². The molecule has 1 aliphatic rings. The van der Waals surface area contributed by atoms with E-state index < -0.39 is 0 Å². The molecule has 4 rings (SSSR count). The van der Waals surface area contributed by atoms with E-state index in [1.807, 2.05) is 30.3 Å². The minimum absolute atomic E-state index is 0.251. The summed E-state index contributed by atoms with van der Waals surface area (Å²) >= 11 is 0. The van der Waals surface area contributed by atoms with Crippen LogP contribution in [0.1, 0.15) is 5.76 Å². The number of anilines is 3. The van der Waals surface area contributed by atoms with E-state index in [9.17, 15) is 0 Å². The second-order valence-corrected chi connectivity index (χ2v) is 4.89. The number of hydrogen-bond donors (Lipinski definition) is 2. The van der Waals surface area contributed by atoms with Gasteiger partial charge in [0, 0.05) is 18.0 Å². The Morgan fingerprint density at radius 3 is 2.96 bits per heavy atom. The molecule has 3 aromatic rings. The van der Waals surface area contributed by atoms with Gasteiger partial charge >= 0.3 is 0 Å². The molecule has 116 valence electrons. The molecule has 2 aromatic heterocycles. The molecule has 0 aliphatic carbocycles. The molecule has 1 aromatic carbocycles. The third-order valence-corrected chi connectivity index (χ3v) is 3.31. The monoisotopic (exact) mass is 310 g/mol. The van der Waals surface area contributed by atoms with Crippen molar-refractivity contribution in [2.75, 3.05) is 17.4 Å². The number of nitrogens with one attached hydrogen (secondary N) is 2. The first-order chi connectivity index (χ1) is 11.4. The summed E-state index contributed by atoms with van der Waals surface area (Å²) in [5.74, 6) is 3.49. The van der Waals surface area contributed by atoms with Gasteiger partial charge in [-0.2, -0.15) is 4.98 Å². The molecule has 0 fully saturated rings. The largest absolute Gasteiger partial charge is 0.467 e. The van der Waals surface area contributed by atoms with Gasteiger partial charge in [-0.15, -0.1) is 0 Å². The first-order valence-corrected chi connectivity index (χ1v) is 7.13. The van der Waals surface area contributed by atoms with Crippen molar-refractivity contribution in [1.29, 1.82) is 0 Å². The number of rotatable bonds is 5. The Morgan fingerprint density at radius 1 is 1.09 bits per heavy atom. The Kier molecular flexibility index (Phi) is 3.44. The van der Waals surface area contributed by atoms with E-state index in [0.717, 1.165) is 17.2 Å². The summed E-state index contributed by atoms with van der Waals surface area (Å²) in [6.45, 7) is 0.814. The van der Waals surface area contributed by atoms with Gasteiger partial charge in [0.05, 0.1) is 12.8 Å². The predicted molar refractivity (Wildman–Crippen MR) is 83.9 cm³/mol. The highest BCUT2D eigenvalue weighted by molar-refractivity contribution is 5.60. The summed E-state index contributed by atoms with van der Waals surface area (Å²) in [7, 11) is 0. The van der Waals surface area contributed by atoms with Crippen LogP contribution in [0.5, 0.6) is 11.5 Å². The molecule has 1 aliphatic heterocycles. The number of furan rings is 1. The summed E-state index contributed by atoms with van der Waals surface area (Å²) in [5, 5.41) is 6.33. The topological polar surface area (TPSA) is 81.4 Å². The molecule has 7 nitrogen and oxygen atoms in total. The van der Waals surface area contributed by atoms with E-state index >= 15 is 0 Å². The van der Waals surface area contributed by atoms with Gasteiger partial charge < -0.3 is 24.5 Å². The van der Waals surface area contributed by atoms with Crippen LogP contribution in [0.4, 0.5) is 17.5 Å². The minimum atomic E-state index is 0.251. The number of hydrogen-bond acceptors (Lipinski definition) is 7. The lowest BCUT2D eigenvalue weighted by molar-refractivity contribution is 0.174. The maximum Gasteiger partial charge on any atom is 0.231 e. The number of nitrogens with zero attached hydrogens (tertiary/aromatic N) is 2. The Labute approximate surface area is 132 Å². The van der Waals surface area contributed by atoms with Crippen molar-refractivity contribution < 1.29 is 13.9 Å². The lowest BCUT2D eigenvalue weighted by Gasteiger charge is -2.08. The Balaban J connectivity index is 1.45. The van der Waals surface area contributed by atoms with Gasteiger partial charge in [0.25, 0.3) is 0 Å². The minimum Gasteiger partial charge on any atom is -0.467 e. The van der Waals surface area contributed by atoms with Crippen LogP contribution in [-0.4, -0.2) is 16.8 Å². The van der Waals surface area contributed by atoms with Gasteiger partial charge in [0.1, 0.15) is 11.6 Å². The van der Waals surface area contributed by atoms with E-state index in [0.29, 0.717) is 24.1 Å². The van der Waals surface area contributed by atoms with Crippen LogP contribution < -0.4 is 20.1 Å². The molecular weight excluding hydrogens is 296 g/mol. The van der Waals surface area contributed by atoms with E-state index in [-0.39, 0.29) is 6.79 Å². The molecule has 0 amide bonds. The number of fused-ring (bicyclic) bond motifs is 1. The van der Waals surface area contributed by atoms with Crippen molar-refractivity contribution in [3.8, 4) is 11.5 Å². The van der Waals surface area contributed by atoms with Crippen molar-refractivity contribution >= 4 is 17.5 Å². The second kappa shape index (κ2) is 5.88. The molecular formula is C16H14N4O3. The third kappa shape index (κ3) is 3.03. The smallest absolute Gasteiger partial charge is 0.231 e. The molecule has 2 N–H and O–H groups in total. The van der Waals surface area contributed by atoms with Crippen LogP contribution in [0.3, 0.4) is 0 Å². The fourth-order valence-electron chi connectivity index (χ4n) is 2.21. The van der Waals surface area contributed by atoms with Crippen molar-refractivity contribution in [3.05, 3.63) is 54.6 Å². The zero-order valence-electron chi connectivity index (χ0n) is 12.2. The van der Waals surface area contributed by atoms with Crippen LogP contribution >= 0.6 is 0 Å². The van der Waals surface area contributed by atoms with Gasteiger partial charge in [0.15, 0.2) is 11.5 Å². The highest BCUT2D eigenvalue weighted by atomic mass is 16.7. The average Bonchev–Trinajstić information content (AvgIpc) is 3.24. The van der Waals surface area contributed by atoms with E-state index in [1.54, 1.807) is 18.5 Å². The molecule has 0 radical (unpaired) electrons. The zero-order chi connectivity index (χ0) is 15.5. The highest BCUT2D eigenvalue weighted by Crippen LogP contribution is 2.34. The maximum atomic E-state index is 5.35. The van der Waals surface area contributed by atoms with Crippen LogP contribution in [0.2, 0.25) is 0 Å². The summed E-state index contributed by atoms with van der Waals surface area (Å²) in [4.78, 5) is 8.63. The molecule has 3 heterocycles. The van der Waals surface area contributed by atoms with Crippen LogP contribution in [0.15, 0.2) is 53.3 Å². The second-order valence-electron chi connectivity index (χ2n) is 4.89. The fourth-order valence-corrected chi connectivity index (χ4v) is 2.21. The molecule has 0 atom stereocenters. The Hall–Kier alpha value is -3.22. The van der Waals surface area contributed by atoms with Gasteiger partial charge in [-0.25, -0.2) is 4.98 Å². The molecule has 0 unspecified atom stereocenters. The summed E-state index contributed by atoms with van der Waals surface area (Å²) in [5.41, 5.74) is 0.831. The highest BCUT2D eigenvalue weighted by Gasteiger charge is 2.13. The van der Waals surface area contributed by atoms with E-state index in [2.05, 4.69) is 20.6 Å². The van der Waals surface area contributed by atoms with Crippen LogP contribution in [-0.2, 0) is 6.54 Å². The SMILES string of the molecule is c1coc(CNc2ccnc(Nc3ccc4c(c3)OCO4)n2)c1. The van der Waals surface area contributed by atoms with Crippen molar-refractivity contribution in [2.45, 2.75) is 6.54 Å². The third-order valence-electron chi connectivity index (χ3n) is 3.31. The van der Waals surface area contributed by atoms with Crippen molar-refractivity contribution in [1.82, 2.24) is 9.97 Å². The average molecular weight is 310 g/mol. The van der Waals surface area contributed by atoms with Crippen molar-refractivity contribution in [3.63, 3.8) is 0 Å².